The number of rotatable bonds is 8. The first kappa shape index (κ1) is 36.5. The lowest BCUT2D eigenvalue weighted by molar-refractivity contribution is -0.125. The lowest BCUT2D eigenvalue weighted by atomic mass is 9.75. The molecule has 13 heteroatoms. The largest absolute Gasteiger partial charge is 0.507 e. The van der Waals surface area contributed by atoms with Gasteiger partial charge in [0.25, 0.3) is 0 Å². The molecule has 1 heterocycles. The number of pyridine rings is 1. The van der Waals surface area contributed by atoms with Crippen molar-refractivity contribution in [3.05, 3.63) is 69.9 Å². The van der Waals surface area contributed by atoms with Crippen molar-refractivity contribution in [2.45, 2.75) is 24.3 Å². The summed E-state index contributed by atoms with van der Waals surface area (Å²) in [7, 11) is 5.36. The summed E-state index contributed by atoms with van der Waals surface area (Å²) in [6.07, 6.45) is 18.3. The quantitative estimate of drug-likeness (QED) is 0.0534. The van der Waals surface area contributed by atoms with Crippen LogP contribution in [0.3, 0.4) is 0 Å². The summed E-state index contributed by atoms with van der Waals surface area (Å²) in [6, 6.07) is 8.10. The molecule has 1 unspecified atom stereocenters. The van der Waals surface area contributed by atoms with Crippen molar-refractivity contribution in [2.24, 2.45) is 5.92 Å². The molecule has 0 radical (unpaired) electrons. The topological polar surface area (TPSA) is 178 Å². The number of aliphatic hydroxyl groups is 1. The molecule has 2 aliphatic carbocycles. The molecule has 45 heavy (non-hydrogen) atoms. The highest BCUT2D eigenvalue weighted by Crippen LogP contribution is 2.47. The third-order valence-corrected chi connectivity index (χ3v) is 9.16. The van der Waals surface area contributed by atoms with Crippen LogP contribution in [0.1, 0.15) is 49.4 Å². The van der Waals surface area contributed by atoms with Crippen LogP contribution in [0.15, 0.2) is 41.6 Å². The highest BCUT2D eigenvalue weighted by atomic mass is 33.1. The molecule has 1 aromatic heterocycles. The number of benzene rings is 2. The number of methoxy groups -OCH3 is 1. The van der Waals surface area contributed by atoms with Crippen LogP contribution in [0, 0.1) is 31.6 Å². The van der Waals surface area contributed by atoms with Crippen LogP contribution >= 0.6 is 21.6 Å². The van der Waals surface area contributed by atoms with Gasteiger partial charge in [-0.1, -0.05) is 22.9 Å². The Balaban J connectivity index is 0.00000111. The summed E-state index contributed by atoms with van der Waals surface area (Å²) in [4.78, 5) is 43.8. The van der Waals surface area contributed by atoms with Crippen LogP contribution in [0.4, 0.5) is 5.69 Å². The lowest BCUT2D eigenvalue weighted by Gasteiger charge is -2.29. The van der Waals surface area contributed by atoms with E-state index in [2.05, 4.69) is 36.0 Å². The van der Waals surface area contributed by atoms with Gasteiger partial charge in [-0.05, 0) is 48.3 Å². The van der Waals surface area contributed by atoms with E-state index in [1.807, 2.05) is 5.48 Å². The fourth-order valence-electron chi connectivity index (χ4n) is 4.99. The number of ketones is 2. The third-order valence-electron chi connectivity index (χ3n) is 6.89. The predicted molar refractivity (Wildman–Crippen MR) is 174 cm³/mol. The van der Waals surface area contributed by atoms with Gasteiger partial charge >= 0.3 is 0 Å². The molecule has 2 aromatic carbocycles. The molecular formula is C32H33N3O8S2. The Morgan fingerprint density at radius 3 is 2.29 bits per heavy atom. The average Bonchev–Trinajstić information content (AvgIpc) is 3.10. The fraction of sp³-hybridized carbons (Fsp3) is 0.250. The van der Waals surface area contributed by atoms with Gasteiger partial charge in [-0.3, -0.25) is 25.1 Å². The Hall–Kier alpha value is -4.66. The minimum atomic E-state index is -0.584. The van der Waals surface area contributed by atoms with E-state index in [4.69, 9.17) is 15.1 Å². The van der Waals surface area contributed by atoms with Crippen molar-refractivity contribution < 1.29 is 39.6 Å². The predicted octanol–water partition coefficient (Wildman–Crippen LogP) is 3.85. The highest BCUT2D eigenvalue weighted by molar-refractivity contribution is 8.76. The molecule has 0 saturated heterocycles. The van der Waals surface area contributed by atoms with Gasteiger partial charge < -0.3 is 25.4 Å². The number of anilines is 1. The summed E-state index contributed by atoms with van der Waals surface area (Å²) in [5.74, 6) is -1.64. The first-order valence-electron chi connectivity index (χ1n) is 13.3. The second-order valence-corrected chi connectivity index (χ2v) is 11.5. The Labute approximate surface area is 269 Å². The van der Waals surface area contributed by atoms with Gasteiger partial charge in [0.2, 0.25) is 11.7 Å². The zero-order valence-corrected chi connectivity index (χ0v) is 26.2. The minimum Gasteiger partial charge on any atom is -0.507 e. The van der Waals surface area contributed by atoms with Crippen molar-refractivity contribution in [3.8, 4) is 42.9 Å². The van der Waals surface area contributed by atoms with E-state index >= 15 is 0 Å². The van der Waals surface area contributed by atoms with Gasteiger partial charge in [0, 0.05) is 42.0 Å². The van der Waals surface area contributed by atoms with E-state index < -0.39 is 17.5 Å². The van der Waals surface area contributed by atoms with Crippen molar-refractivity contribution in [1.29, 1.82) is 0 Å². The molecule has 5 rings (SSSR count). The van der Waals surface area contributed by atoms with Gasteiger partial charge in [0.15, 0.2) is 5.78 Å². The maximum absolute atomic E-state index is 13.4. The van der Waals surface area contributed by atoms with Gasteiger partial charge in [-0.2, -0.15) is 0 Å². The molecule has 0 bridgehead atoms. The molecule has 0 spiro atoms. The first-order valence-corrected chi connectivity index (χ1v) is 15.6. The van der Waals surface area contributed by atoms with E-state index in [0.717, 1.165) is 12.1 Å². The minimum absolute atomic E-state index is 0.0613. The summed E-state index contributed by atoms with van der Waals surface area (Å²) in [5.41, 5.74) is 2.93. The number of nitrogens with one attached hydrogen (secondary N) is 2. The monoisotopic (exact) mass is 651 g/mol. The van der Waals surface area contributed by atoms with Crippen LogP contribution in [0.2, 0.25) is 0 Å². The summed E-state index contributed by atoms with van der Waals surface area (Å²) in [5, 5.41) is 41.8. The highest BCUT2D eigenvalue weighted by Gasteiger charge is 2.41. The van der Waals surface area contributed by atoms with Crippen LogP contribution in [0.5, 0.6) is 17.2 Å². The van der Waals surface area contributed by atoms with Crippen molar-refractivity contribution in [2.75, 3.05) is 32.0 Å². The number of fused-ring (bicyclic) bond motifs is 3. The number of ether oxygens (including phenoxy) is 1. The molecule has 6 N–H and O–H groups in total. The molecule has 0 saturated carbocycles. The first-order chi connectivity index (χ1) is 21.8. The van der Waals surface area contributed by atoms with E-state index in [1.165, 1.54) is 41.0 Å². The maximum Gasteiger partial charge on any atom is 0.223 e. The molecule has 11 nitrogen and oxygen atoms in total. The summed E-state index contributed by atoms with van der Waals surface area (Å²) >= 11 is 0. The molecule has 1 amide bonds. The Bertz CT molecular complexity index is 1570. The number of terminal acetylenes is 2. The van der Waals surface area contributed by atoms with Gasteiger partial charge in [-0.15, -0.1) is 25.7 Å². The number of aliphatic hydroxyl groups excluding tert-OH is 1. The number of aromatic nitrogens is 1. The maximum atomic E-state index is 13.4. The molecule has 1 atom stereocenters. The third kappa shape index (κ3) is 7.71. The number of carbonyl (C=O) groups is 3. The molecule has 0 aliphatic heterocycles. The number of nitrogens with zero attached hydrogens (tertiary/aromatic N) is 1. The van der Waals surface area contributed by atoms with E-state index in [0.29, 0.717) is 35.5 Å². The normalized spacial score (nSPS) is 13.8. The molecule has 0 fully saturated rings. The van der Waals surface area contributed by atoms with Crippen LogP contribution in [-0.2, 0) is 17.6 Å². The number of aromatic hydroxyl groups is 2. The van der Waals surface area contributed by atoms with E-state index in [9.17, 15) is 24.6 Å². The van der Waals surface area contributed by atoms with E-state index in [1.54, 1.807) is 24.3 Å². The number of hydrogen-bond donors (Lipinski definition) is 6. The van der Waals surface area contributed by atoms with Crippen molar-refractivity contribution in [1.82, 2.24) is 10.3 Å². The Morgan fingerprint density at radius 1 is 1.00 bits per heavy atom. The van der Waals surface area contributed by atoms with Gasteiger partial charge in [0.05, 0.1) is 35.7 Å². The van der Waals surface area contributed by atoms with Crippen LogP contribution in [-0.4, -0.2) is 69.5 Å². The Kier molecular flexibility index (Phi) is 14.3. The second-order valence-electron chi connectivity index (χ2n) is 9.08. The number of amides is 1. The van der Waals surface area contributed by atoms with Crippen LogP contribution in [0.25, 0.3) is 0 Å². The molecular weight excluding hydrogens is 618 g/mol. The van der Waals surface area contributed by atoms with E-state index in [-0.39, 0.29) is 58.3 Å². The average molecular weight is 652 g/mol. The van der Waals surface area contributed by atoms with Crippen LogP contribution < -0.4 is 15.5 Å². The fourth-order valence-corrected chi connectivity index (χ4v) is 6.76. The lowest BCUT2D eigenvalue weighted by Crippen LogP contribution is -2.35. The van der Waals surface area contributed by atoms with Crippen molar-refractivity contribution >= 4 is 44.7 Å². The van der Waals surface area contributed by atoms with Crippen molar-refractivity contribution in [3.63, 3.8) is 0 Å². The van der Waals surface area contributed by atoms with Gasteiger partial charge in [-0.25, -0.2) is 4.98 Å². The number of phenols is 2. The number of hydrogen-bond acceptors (Lipinski definition) is 12. The number of phenolic OH excluding ortho intramolecular Hbond substituents is 2. The molecule has 3 aromatic rings. The number of carbonyl (C=O) groups excluding carboxylic acids is 3. The summed E-state index contributed by atoms with van der Waals surface area (Å²) in [6.45, 7) is 0.420. The standard InChI is InChI=1S/C27H25N3O7S2.2C2H2.CH4O/c1-37-18-4-2-3-16-20(18)26(34)22-21(24(16)32)25(33)17-11-13(5-7-15(17)23(22)31)27(35)28-9-10-38-39-19-8-6-14(30-36)12-29-19;3*1-2/h2-4,6,8,12-13,30-31,33,36H,5,7,9-11H2,1H3,(H,28,35);2*1-2H;2H,1H3. The summed E-state index contributed by atoms with van der Waals surface area (Å²) < 4.78 is 5.27. The second kappa shape index (κ2) is 17.6. The smallest absolute Gasteiger partial charge is 0.223 e. The zero-order valence-electron chi connectivity index (χ0n) is 24.6. The van der Waals surface area contributed by atoms with Gasteiger partial charge in [0.1, 0.15) is 22.3 Å². The Morgan fingerprint density at radius 2 is 1.67 bits per heavy atom. The zero-order chi connectivity index (χ0) is 33.7. The molecule has 2 aliphatic rings. The SMILES string of the molecule is C#C.C#C.CO.COc1cccc2c1C(=O)c1c(O)c3c(c(O)c1C2=O)CC(C(=O)NCCSSc1ccc(NO)cn1)CC3. The molecule has 236 valence electrons.